The normalized spacial score (nSPS) is 15.3. The highest BCUT2D eigenvalue weighted by atomic mass is 35.5. The number of benzene rings is 1. The zero-order valence-corrected chi connectivity index (χ0v) is 17.2. The molecule has 3 rings (SSSR count). The molecule has 2 aromatic rings. The van der Waals surface area contributed by atoms with E-state index in [1.165, 1.54) is 0 Å². The molecule has 0 atom stereocenters. The summed E-state index contributed by atoms with van der Waals surface area (Å²) in [7, 11) is 0. The van der Waals surface area contributed by atoms with Crippen molar-refractivity contribution in [3.63, 3.8) is 0 Å². The van der Waals surface area contributed by atoms with Crippen molar-refractivity contribution in [2.45, 2.75) is 20.4 Å². The predicted molar refractivity (Wildman–Crippen MR) is 109 cm³/mol. The Bertz CT molecular complexity index is 799. The van der Waals surface area contributed by atoms with E-state index in [-0.39, 0.29) is 5.91 Å². The summed E-state index contributed by atoms with van der Waals surface area (Å²) in [6, 6.07) is 7.49. The van der Waals surface area contributed by atoms with Crippen molar-refractivity contribution < 1.29 is 4.79 Å². The van der Waals surface area contributed by atoms with Crippen molar-refractivity contribution in [3.8, 4) is 5.69 Å². The van der Waals surface area contributed by atoms with Crippen LogP contribution in [-0.2, 0) is 11.3 Å². The molecular weight excluding hydrogens is 385 g/mol. The van der Waals surface area contributed by atoms with E-state index in [2.05, 4.69) is 15.3 Å². The molecule has 27 heavy (non-hydrogen) atoms. The molecule has 8 heteroatoms. The highest BCUT2D eigenvalue weighted by Crippen LogP contribution is 2.24. The molecule has 1 aromatic heterocycles. The number of hydrogen-bond donors (Lipinski definition) is 1. The molecule has 6 nitrogen and oxygen atoms in total. The van der Waals surface area contributed by atoms with E-state index in [0.29, 0.717) is 16.7 Å². The Hall–Kier alpha value is -1.60. The lowest BCUT2D eigenvalue weighted by molar-refractivity contribution is -0.130. The van der Waals surface area contributed by atoms with E-state index < -0.39 is 0 Å². The van der Waals surface area contributed by atoms with Gasteiger partial charge < -0.3 is 10.2 Å². The monoisotopic (exact) mass is 409 g/mol. The number of rotatable bonds is 6. The first-order valence-corrected chi connectivity index (χ1v) is 9.90. The lowest BCUT2D eigenvalue weighted by Gasteiger charge is -2.34. The largest absolute Gasteiger partial charge is 0.340 e. The van der Waals surface area contributed by atoms with E-state index in [9.17, 15) is 4.79 Å². The summed E-state index contributed by atoms with van der Waals surface area (Å²) in [5.74, 6) is 0.162. The minimum atomic E-state index is 0.162. The van der Waals surface area contributed by atoms with Crippen LogP contribution < -0.4 is 5.32 Å². The third kappa shape index (κ3) is 5.02. The molecule has 0 aliphatic carbocycles. The molecule has 146 valence electrons. The van der Waals surface area contributed by atoms with Gasteiger partial charge in [-0.3, -0.25) is 9.69 Å². The topological polar surface area (TPSA) is 53.4 Å². The van der Waals surface area contributed by atoms with Crippen molar-refractivity contribution in [3.05, 3.63) is 45.7 Å². The van der Waals surface area contributed by atoms with E-state index in [1.807, 2.05) is 36.1 Å². The van der Waals surface area contributed by atoms with Crippen LogP contribution >= 0.6 is 23.2 Å². The van der Waals surface area contributed by atoms with Crippen LogP contribution in [0.3, 0.4) is 0 Å². The van der Waals surface area contributed by atoms with Crippen molar-refractivity contribution in [2.75, 3.05) is 39.3 Å². The Morgan fingerprint density at radius 1 is 1.22 bits per heavy atom. The highest BCUT2D eigenvalue weighted by Gasteiger charge is 2.18. The summed E-state index contributed by atoms with van der Waals surface area (Å²) in [6.07, 6.45) is 0. The number of amides is 1. The van der Waals surface area contributed by atoms with Crippen LogP contribution in [0, 0.1) is 6.92 Å². The maximum absolute atomic E-state index is 11.4. The molecule has 2 heterocycles. The second-order valence-electron chi connectivity index (χ2n) is 6.77. The molecule has 0 unspecified atom stereocenters. The standard InChI is InChI=1S/C19H25Cl2N5O/c1-14-18(19(21)26(23-14)17-5-3-4-16(20)12-17)13-22-6-7-24-8-10-25(11-9-24)15(2)27/h3-5,12,22H,6-11,13H2,1-2H3. The fourth-order valence-corrected chi connectivity index (χ4v) is 3.77. The minimum absolute atomic E-state index is 0.162. The molecule has 1 fully saturated rings. The molecular formula is C19H25Cl2N5O. The maximum Gasteiger partial charge on any atom is 0.219 e. The van der Waals surface area contributed by atoms with Crippen LogP contribution in [0.1, 0.15) is 18.2 Å². The molecule has 1 amide bonds. The molecule has 1 N–H and O–H groups in total. The molecule has 1 aromatic carbocycles. The number of hydrogen-bond acceptors (Lipinski definition) is 4. The van der Waals surface area contributed by atoms with Gasteiger partial charge in [-0.25, -0.2) is 4.68 Å². The third-order valence-electron chi connectivity index (χ3n) is 4.90. The van der Waals surface area contributed by atoms with Gasteiger partial charge in [-0.1, -0.05) is 29.3 Å². The fourth-order valence-electron chi connectivity index (χ4n) is 3.25. The lowest BCUT2D eigenvalue weighted by Crippen LogP contribution is -2.49. The van der Waals surface area contributed by atoms with Gasteiger partial charge in [0.1, 0.15) is 5.15 Å². The van der Waals surface area contributed by atoms with Gasteiger partial charge in [-0.2, -0.15) is 5.10 Å². The average molecular weight is 410 g/mol. The van der Waals surface area contributed by atoms with Crippen LogP contribution in [0.5, 0.6) is 0 Å². The zero-order valence-electron chi connectivity index (χ0n) is 15.7. The number of halogens is 2. The van der Waals surface area contributed by atoms with Crippen LogP contribution in [-0.4, -0.2) is 64.8 Å². The first-order valence-electron chi connectivity index (χ1n) is 9.14. The molecule has 1 saturated heterocycles. The Morgan fingerprint density at radius 2 is 1.96 bits per heavy atom. The summed E-state index contributed by atoms with van der Waals surface area (Å²) in [5.41, 5.74) is 2.76. The fraction of sp³-hybridized carbons (Fsp3) is 0.474. The van der Waals surface area contributed by atoms with Gasteiger partial charge >= 0.3 is 0 Å². The SMILES string of the molecule is CC(=O)N1CCN(CCNCc2c(C)nn(-c3cccc(Cl)c3)c2Cl)CC1. The van der Waals surface area contributed by atoms with E-state index in [4.69, 9.17) is 23.2 Å². The van der Waals surface area contributed by atoms with Gasteiger partial charge in [-0.15, -0.1) is 0 Å². The van der Waals surface area contributed by atoms with E-state index in [0.717, 1.165) is 56.2 Å². The molecule has 1 aliphatic heterocycles. The Labute approximate surface area is 170 Å². The summed E-state index contributed by atoms with van der Waals surface area (Å²) < 4.78 is 1.72. The first-order chi connectivity index (χ1) is 13.0. The minimum Gasteiger partial charge on any atom is -0.340 e. The molecule has 1 aliphatic rings. The van der Waals surface area contributed by atoms with Gasteiger partial charge in [0.15, 0.2) is 0 Å². The van der Waals surface area contributed by atoms with Crippen LogP contribution in [0.25, 0.3) is 5.69 Å². The number of piperazine rings is 1. The van der Waals surface area contributed by atoms with Crippen LogP contribution in [0.15, 0.2) is 24.3 Å². The van der Waals surface area contributed by atoms with Crippen molar-refractivity contribution in [1.29, 1.82) is 0 Å². The Balaban J connectivity index is 1.51. The van der Waals surface area contributed by atoms with E-state index >= 15 is 0 Å². The third-order valence-corrected chi connectivity index (χ3v) is 5.52. The van der Waals surface area contributed by atoms with Gasteiger partial charge in [-0.05, 0) is 25.1 Å². The number of carbonyl (C=O) groups excluding carboxylic acids is 1. The smallest absolute Gasteiger partial charge is 0.219 e. The van der Waals surface area contributed by atoms with Gasteiger partial charge in [0, 0.05) is 63.3 Å². The van der Waals surface area contributed by atoms with Gasteiger partial charge in [0.25, 0.3) is 0 Å². The maximum atomic E-state index is 11.4. The van der Waals surface area contributed by atoms with Gasteiger partial charge in [0.2, 0.25) is 5.91 Å². The highest BCUT2D eigenvalue weighted by molar-refractivity contribution is 6.31. The summed E-state index contributed by atoms with van der Waals surface area (Å²) >= 11 is 12.6. The number of nitrogens with one attached hydrogen (secondary N) is 1. The van der Waals surface area contributed by atoms with Crippen molar-refractivity contribution >= 4 is 29.1 Å². The molecule has 0 bridgehead atoms. The Kier molecular flexibility index (Phi) is 6.76. The second-order valence-corrected chi connectivity index (χ2v) is 7.57. The Morgan fingerprint density at radius 3 is 2.63 bits per heavy atom. The lowest BCUT2D eigenvalue weighted by atomic mass is 10.2. The number of aryl methyl sites for hydroxylation is 1. The molecule has 0 saturated carbocycles. The predicted octanol–water partition coefficient (Wildman–Crippen LogP) is 2.74. The molecule has 0 radical (unpaired) electrons. The van der Waals surface area contributed by atoms with Crippen molar-refractivity contribution in [2.24, 2.45) is 0 Å². The quantitative estimate of drug-likeness (QED) is 0.745. The first kappa shape index (κ1) is 20.1. The van der Waals surface area contributed by atoms with Crippen LogP contribution in [0.4, 0.5) is 0 Å². The molecule has 0 spiro atoms. The zero-order chi connectivity index (χ0) is 19.4. The summed E-state index contributed by atoms with van der Waals surface area (Å²) in [5, 5.41) is 9.27. The number of aromatic nitrogens is 2. The summed E-state index contributed by atoms with van der Waals surface area (Å²) in [4.78, 5) is 15.6. The van der Waals surface area contributed by atoms with Gasteiger partial charge in [0.05, 0.1) is 11.4 Å². The number of carbonyl (C=O) groups is 1. The van der Waals surface area contributed by atoms with E-state index in [1.54, 1.807) is 11.6 Å². The summed E-state index contributed by atoms with van der Waals surface area (Å²) in [6.45, 7) is 9.54. The van der Waals surface area contributed by atoms with Crippen molar-refractivity contribution in [1.82, 2.24) is 24.9 Å². The second kappa shape index (κ2) is 9.06. The van der Waals surface area contributed by atoms with Crippen LogP contribution in [0.2, 0.25) is 10.2 Å². The number of nitrogens with zero attached hydrogens (tertiary/aromatic N) is 4. The average Bonchev–Trinajstić information content (AvgIpc) is 2.93.